The van der Waals surface area contributed by atoms with E-state index in [1.54, 1.807) is 12.4 Å². The summed E-state index contributed by atoms with van der Waals surface area (Å²) in [5.74, 6) is 1.13. The van der Waals surface area contributed by atoms with Crippen LogP contribution in [0.3, 0.4) is 0 Å². The van der Waals surface area contributed by atoms with Gasteiger partial charge in [-0.15, -0.1) is 10.2 Å². The third-order valence-corrected chi connectivity index (χ3v) is 7.09. The lowest BCUT2D eigenvalue weighted by Gasteiger charge is -2.34. The molecule has 2 aromatic heterocycles. The molecule has 0 aliphatic carbocycles. The summed E-state index contributed by atoms with van der Waals surface area (Å²) in [4.78, 5) is 33.4. The Morgan fingerprint density at radius 1 is 1.00 bits per heavy atom. The fourth-order valence-electron chi connectivity index (χ4n) is 4.16. The van der Waals surface area contributed by atoms with E-state index in [-0.39, 0.29) is 11.8 Å². The summed E-state index contributed by atoms with van der Waals surface area (Å²) < 4.78 is 2.01. The number of anilines is 1. The Kier molecular flexibility index (Phi) is 8.14. The number of aromatic nitrogens is 4. The molecular formula is C25H31N7O2S. The van der Waals surface area contributed by atoms with Gasteiger partial charge in [-0.25, -0.2) is 0 Å². The van der Waals surface area contributed by atoms with Crippen molar-refractivity contribution < 1.29 is 9.59 Å². The Labute approximate surface area is 209 Å². The van der Waals surface area contributed by atoms with Crippen molar-refractivity contribution in [1.29, 1.82) is 0 Å². The number of carbonyl (C=O) groups is 2. The van der Waals surface area contributed by atoms with Crippen LogP contribution in [0.15, 0.2) is 47.9 Å². The molecule has 0 atom stereocenters. The molecule has 3 heterocycles. The Bertz CT molecular complexity index is 1150. The maximum atomic E-state index is 12.8. The third-order valence-electron chi connectivity index (χ3n) is 6.13. The second-order valence-electron chi connectivity index (χ2n) is 8.55. The van der Waals surface area contributed by atoms with Crippen LogP contribution in [-0.4, -0.2) is 79.8 Å². The zero-order valence-corrected chi connectivity index (χ0v) is 21.2. The fraction of sp³-hybridized carbons (Fsp3) is 0.400. The predicted octanol–water partition coefficient (Wildman–Crippen LogP) is 2.85. The minimum Gasteiger partial charge on any atom is -0.339 e. The Morgan fingerprint density at radius 3 is 2.34 bits per heavy atom. The van der Waals surface area contributed by atoms with Crippen LogP contribution >= 0.6 is 11.8 Å². The molecule has 2 amide bonds. The van der Waals surface area contributed by atoms with E-state index in [0.29, 0.717) is 45.0 Å². The van der Waals surface area contributed by atoms with E-state index in [1.807, 2.05) is 60.6 Å². The number of carbonyl (C=O) groups excluding carboxylic acids is 2. The van der Waals surface area contributed by atoms with Gasteiger partial charge >= 0.3 is 0 Å². The van der Waals surface area contributed by atoms with Gasteiger partial charge in [-0.3, -0.25) is 19.5 Å². The van der Waals surface area contributed by atoms with Gasteiger partial charge in [0, 0.05) is 56.4 Å². The van der Waals surface area contributed by atoms with Crippen LogP contribution in [0.4, 0.5) is 5.69 Å². The molecule has 4 rings (SSSR count). The van der Waals surface area contributed by atoms with Crippen molar-refractivity contribution in [3.05, 3.63) is 53.9 Å². The van der Waals surface area contributed by atoms with Crippen LogP contribution in [0, 0.1) is 13.8 Å². The molecule has 0 radical (unpaired) electrons. The highest BCUT2D eigenvalue weighted by Gasteiger charge is 2.23. The number of piperazine rings is 1. The molecule has 1 N–H and O–H groups in total. The topological polar surface area (TPSA) is 96.2 Å². The first-order valence-electron chi connectivity index (χ1n) is 11.8. The first-order valence-corrected chi connectivity index (χ1v) is 12.8. The van der Waals surface area contributed by atoms with E-state index in [2.05, 4.69) is 25.4 Å². The monoisotopic (exact) mass is 493 g/mol. The lowest BCUT2D eigenvalue weighted by molar-refractivity contribution is -0.130. The molecule has 1 fully saturated rings. The Balaban J connectivity index is 1.25. The van der Waals surface area contributed by atoms with E-state index >= 15 is 0 Å². The highest BCUT2D eigenvalue weighted by molar-refractivity contribution is 7.99. The number of pyridine rings is 1. The number of hydrogen-bond acceptors (Lipinski definition) is 7. The smallest absolute Gasteiger partial charge is 0.238 e. The summed E-state index contributed by atoms with van der Waals surface area (Å²) in [6.45, 7) is 9.63. The van der Waals surface area contributed by atoms with Crippen molar-refractivity contribution in [2.24, 2.45) is 0 Å². The average Bonchev–Trinajstić information content (AvgIpc) is 3.29. The zero-order chi connectivity index (χ0) is 24.8. The Morgan fingerprint density at radius 2 is 1.69 bits per heavy atom. The van der Waals surface area contributed by atoms with Crippen molar-refractivity contribution in [2.75, 3.05) is 43.8 Å². The van der Waals surface area contributed by atoms with Crippen LogP contribution in [0.1, 0.15) is 18.1 Å². The lowest BCUT2D eigenvalue weighted by Crippen LogP contribution is -2.51. The quantitative estimate of drug-likeness (QED) is 0.482. The number of aryl methyl sites for hydroxylation is 2. The van der Waals surface area contributed by atoms with E-state index in [1.165, 1.54) is 11.8 Å². The van der Waals surface area contributed by atoms with Crippen molar-refractivity contribution in [3.63, 3.8) is 0 Å². The van der Waals surface area contributed by atoms with Crippen LogP contribution in [0.2, 0.25) is 0 Å². The number of nitrogens with zero attached hydrogens (tertiary/aromatic N) is 6. The van der Waals surface area contributed by atoms with Crippen LogP contribution in [-0.2, 0) is 16.1 Å². The van der Waals surface area contributed by atoms with E-state index in [9.17, 15) is 9.59 Å². The second-order valence-corrected chi connectivity index (χ2v) is 9.49. The van der Waals surface area contributed by atoms with Gasteiger partial charge in [0.25, 0.3) is 0 Å². The number of rotatable bonds is 8. The van der Waals surface area contributed by atoms with Crippen molar-refractivity contribution >= 4 is 29.3 Å². The minimum absolute atomic E-state index is 0.0263. The van der Waals surface area contributed by atoms with Gasteiger partial charge in [0.1, 0.15) is 0 Å². The normalized spacial score (nSPS) is 14.2. The molecule has 0 bridgehead atoms. The van der Waals surface area contributed by atoms with Crippen molar-refractivity contribution in [2.45, 2.75) is 32.5 Å². The molecule has 1 aromatic carbocycles. The SMILES string of the molecule is CCn1c(SCC(=O)N2CCN(CC(=O)Nc3c(C)cccc3C)CC2)nnc1-c1ccncc1. The predicted molar refractivity (Wildman–Crippen MR) is 137 cm³/mol. The number of thioether (sulfide) groups is 1. The van der Waals surface area contributed by atoms with Gasteiger partial charge in [0.05, 0.1) is 12.3 Å². The number of nitrogens with one attached hydrogen (secondary N) is 1. The minimum atomic E-state index is -0.0263. The summed E-state index contributed by atoms with van der Waals surface area (Å²) in [7, 11) is 0. The van der Waals surface area contributed by atoms with Crippen LogP contribution < -0.4 is 5.32 Å². The second kappa shape index (κ2) is 11.5. The number of benzene rings is 1. The van der Waals surface area contributed by atoms with Gasteiger partial charge in [-0.05, 0) is 44.0 Å². The van der Waals surface area contributed by atoms with Gasteiger partial charge < -0.3 is 14.8 Å². The van der Waals surface area contributed by atoms with E-state index in [0.717, 1.165) is 33.4 Å². The van der Waals surface area contributed by atoms with Gasteiger partial charge in [-0.2, -0.15) is 0 Å². The number of para-hydroxylation sites is 1. The van der Waals surface area contributed by atoms with Crippen LogP contribution in [0.5, 0.6) is 0 Å². The zero-order valence-electron chi connectivity index (χ0n) is 20.4. The van der Waals surface area contributed by atoms with E-state index in [4.69, 9.17) is 0 Å². The summed E-state index contributed by atoms with van der Waals surface area (Å²) in [5, 5.41) is 12.4. The first kappa shape index (κ1) is 24.9. The molecule has 0 unspecified atom stereocenters. The average molecular weight is 494 g/mol. The lowest BCUT2D eigenvalue weighted by atomic mass is 10.1. The highest BCUT2D eigenvalue weighted by atomic mass is 32.2. The van der Waals surface area contributed by atoms with Crippen molar-refractivity contribution in [3.8, 4) is 11.4 Å². The van der Waals surface area contributed by atoms with Crippen LogP contribution in [0.25, 0.3) is 11.4 Å². The standard InChI is InChI=1S/C25H31N7O2S/c1-4-32-24(20-8-10-26-11-9-20)28-29-25(32)35-17-22(34)31-14-12-30(13-15-31)16-21(33)27-23-18(2)6-5-7-19(23)3/h5-11H,4,12-17H2,1-3H3,(H,27,33). The molecule has 1 aliphatic heterocycles. The third kappa shape index (κ3) is 6.07. The molecule has 0 spiro atoms. The summed E-state index contributed by atoms with van der Waals surface area (Å²) in [6, 6.07) is 9.78. The summed E-state index contributed by atoms with van der Waals surface area (Å²) in [6.07, 6.45) is 3.46. The first-order chi connectivity index (χ1) is 17.0. The maximum Gasteiger partial charge on any atom is 0.238 e. The summed E-state index contributed by atoms with van der Waals surface area (Å²) >= 11 is 1.41. The molecule has 3 aromatic rings. The van der Waals surface area contributed by atoms with Gasteiger partial charge in [0.15, 0.2) is 11.0 Å². The largest absolute Gasteiger partial charge is 0.339 e. The number of hydrogen-bond donors (Lipinski definition) is 1. The highest BCUT2D eigenvalue weighted by Crippen LogP contribution is 2.24. The molecule has 1 saturated heterocycles. The maximum absolute atomic E-state index is 12.8. The fourth-order valence-corrected chi connectivity index (χ4v) is 5.07. The van der Waals surface area contributed by atoms with Crippen molar-refractivity contribution in [1.82, 2.24) is 29.5 Å². The molecule has 9 nitrogen and oxygen atoms in total. The van der Waals surface area contributed by atoms with E-state index < -0.39 is 0 Å². The molecule has 0 saturated carbocycles. The molecule has 10 heteroatoms. The molecule has 35 heavy (non-hydrogen) atoms. The van der Waals surface area contributed by atoms with Gasteiger partial charge in [0.2, 0.25) is 11.8 Å². The molecular weight excluding hydrogens is 462 g/mol. The van der Waals surface area contributed by atoms with Gasteiger partial charge in [-0.1, -0.05) is 30.0 Å². The molecule has 184 valence electrons. The summed E-state index contributed by atoms with van der Waals surface area (Å²) in [5.41, 5.74) is 3.94. The Hall–Kier alpha value is -3.24. The number of amides is 2. The molecule has 1 aliphatic rings.